The normalized spacial score (nSPS) is 21.4. The van der Waals surface area contributed by atoms with Crippen molar-refractivity contribution in [2.24, 2.45) is 11.8 Å². The maximum atomic E-state index is 12.2. The number of carbonyl (C=O) groups excluding carboxylic acids is 1. The summed E-state index contributed by atoms with van der Waals surface area (Å²) in [6.07, 6.45) is 2.26. The van der Waals surface area contributed by atoms with Gasteiger partial charge in [-0.05, 0) is 13.8 Å². The van der Waals surface area contributed by atoms with Gasteiger partial charge in [0, 0.05) is 28.9 Å². The summed E-state index contributed by atoms with van der Waals surface area (Å²) >= 11 is 6.85. The summed E-state index contributed by atoms with van der Waals surface area (Å²) in [4.78, 5) is 12.3. The van der Waals surface area contributed by atoms with Gasteiger partial charge in [0.05, 0.1) is 19.0 Å². The van der Waals surface area contributed by atoms with Crippen molar-refractivity contribution in [3.05, 3.63) is 0 Å². The predicted octanol–water partition coefficient (Wildman–Crippen LogP) is 2.08. The summed E-state index contributed by atoms with van der Waals surface area (Å²) in [5.41, 5.74) is -0.354. The van der Waals surface area contributed by atoms with E-state index in [-0.39, 0.29) is 22.3 Å². The van der Waals surface area contributed by atoms with Gasteiger partial charge < -0.3 is 10.1 Å². The summed E-state index contributed by atoms with van der Waals surface area (Å²) in [5.74, 6) is 0.253. The molecule has 0 aliphatic carbocycles. The molecule has 3 nitrogen and oxygen atoms in total. The lowest BCUT2D eigenvalue weighted by Crippen LogP contribution is -2.86. The molecular weight excluding hydrogens is 362 g/mol. The lowest BCUT2D eigenvalue weighted by molar-refractivity contribution is -0.665. The molecule has 2 atom stereocenters. The first-order chi connectivity index (χ1) is 8.38. The van der Waals surface area contributed by atoms with E-state index in [0.717, 1.165) is 25.9 Å². The number of halogens is 2. The van der Waals surface area contributed by atoms with Crippen molar-refractivity contribution >= 4 is 37.8 Å². The number of ether oxygens (including phenoxy) is 1. The summed E-state index contributed by atoms with van der Waals surface area (Å²) in [6.45, 7) is 8.36. The summed E-state index contributed by atoms with van der Waals surface area (Å²) < 4.78 is 5.78. The van der Waals surface area contributed by atoms with E-state index in [9.17, 15) is 4.79 Å². The fourth-order valence-corrected chi connectivity index (χ4v) is 4.14. The first kappa shape index (κ1) is 16.4. The molecule has 0 aromatic rings. The van der Waals surface area contributed by atoms with Gasteiger partial charge in [0.1, 0.15) is 5.60 Å². The SMILES string of the molecule is CC(Br)C(CBr)C(=O)OC(C)(C)C1CC[NH2+]CC1. The van der Waals surface area contributed by atoms with Crippen LogP contribution < -0.4 is 5.32 Å². The summed E-state index contributed by atoms with van der Waals surface area (Å²) in [5, 5.41) is 2.96. The Hall–Kier alpha value is 0.390. The van der Waals surface area contributed by atoms with Crippen LogP contribution >= 0.6 is 31.9 Å². The van der Waals surface area contributed by atoms with Crippen LogP contribution in [-0.2, 0) is 9.53 Å². The lowest BCUT2D eigenvalue weighted by Gasteiger charge is -2.36. The maximum absolute atomic E-state index is 12.2. The lowest BCUT2D eigenvalue weighted by atomic mass is 9.83. The Morgan fingerprint density at radius 2 is 2.00 bits per heavy atom. The fourth-order valence-electron chi connectivity index (χ4n) is 2.41. The van der Waals surface area contributed by atoms with E-state index in [1.54, 1.807) is 0 Å². The average molecular weight is 386 g/mol. The zero-order chi connectivity index (χ0) is 13.8. The van der Waals surface area contributed by atoms with Gasteiger partial charge >= 0.3 is 5.97 Å². The van der Waals surface area contributed by atoms with Gasteiger partial charge in [0.15, 0.2) is 0 Å². The largest absolute Gasteiger partial charge is 0.459 e. The molecule has 1 aliphatic rings. The van der Waals surface area contributed by atoms with Crippen molar-refractivity contribution in [1.29, 1.82) is 0 Å². The number of hydrogen-bond acceptors (Lipinski definition) is 2. The number of rotatable bonds is 5. The predicted molar refractivity (Wildman–Crippen MR) is 80.2 cm³/mol. The van der Waals surface area contributed by atoms with Gasteiger partial charge in [-0.2, -0.15) is 0 Å². The molecule has 0 spiro atoms. The Morgan fingerprint density at radius 3 is 2.44 bits per heavy atom. The number of carbonyl (C=O) groups is 1. The Morgan fingerprint density at radius 1 is 1.44 bits per heavy atom. The van der Waals surface area contributed by atoms with E-state index < -0.39 is 0 Å². The van der Waals surface area contributed by atoms with Crippen molar-refractivity contribution in [3.63, 3.8) is 0 Å². The number of piperidine rings is 1. The first-order valence-electron chi connectivity index (χ1n) is 6.63. The van der Waals surface area contributed by atoms with E-state index in [1.165, 1.54) is 0 Å². The second kappa shape index (κ2) is 7.25. The van der Waals surface area contributed by atoms with E-state index in [0.29, 0.717) is 11.2 Å². The maximum Gasteiger partial charge on any atom is 0.311 e. The van der Waals surface area contributed by atoms with Crippen LogP contribution in [0.2, 0.25) is 0 Å². The van der Waals surface area contributed by atoms with Crippen LogP contribution in [0.1, 0.15) is 33.6 Å². The minimum atomic E-state index is -0.354. The van der Waals surface area contributed by atoms with Gasteiger partial charge in [-0.1, -0.05) is 38.8 Å². The molecule has 2 N–H and O–H groups in total. The Labute approximate surface area is 127 Å². The van der Waals surface area contributed by atoms with Crippen LogP contribution in [-0.4, -0.2) is 34.8 Å². The molecule has 1 saturated heterocycles. The number of nitrogens with two attached hydrogens (primary N) is 1. The van der Waals surface area contributed by atoms with E-state index in [1.807, 2.05) is 20.8 Å². The minimum absolute atomic E-state index is 0.101. The van der Waals surface area contributed by atoms with E-state index in [4.69, 9.17) is 4.74 Å². The van der Waals surface area contributed by atoms with Crippen LogP contribution in [0, 0.1) is 11.8 Å². The highest BCUT2D eigenvalue weighted by molar-refractivity contribution is 9.10. The van der Waals surface area contributed by atoms with Crippen molar-refractivity contribution < 1.29 is 14.8 Å². The molecule has 1 rings (SSSR count). The molecule has 106 valence electrons. The molecule has 2 unspecified atom stereocenters. The first-order valence-corrected chi connectivity index (χ1v) is 8.66. The number of hydrogen-bond donors (Lipinski definition) is 1. The number of alkyl halides is 2. The van der Waals surface area contributed by atoms with Crippen molar-refractivity contribution in [2.45, 2.75) is 44.0 Å². The second-order valence-electron chi connectivity index (χ2n) is 5.60. The fraction of sp³-hybridized carbons (Fsp3) is 0.923. The smallest absolute Gasteiger partial charge is 0.311 e. The molecule has 0 radical (unpaired) electrons. The minimum Gasteiger partial charge on any atom is -0.459 e. The van der Waals surface area contributed by atoms with Gasteiger partial charge in [-0.3, -0.25) is 4.79 Å². The van der Waals surface area contributed by atoms with Crippen LogP contribution in [0.4, 0.5) is 0 Å². The molecule has 5 heteroatoms. The highest BCUT2D eigenvalue weighted by Gasteiger charge is 2.37. The van der Waals surface area contributed by atoms with Gasteiger partial charge in [-0.25, -0.2) is 0 Å². The Kier molecular flexibility index (Phi) is 6.62. The molecular formula is C13H24Br2NO2+. The second-order valence-corrected chi connectivity index (χ2v) is 7.70. The molecule has 0 saturated carbocycles. The molecule has 0 bridgehead atoms. The van der Waals surface area contributed by atoms with Gasteiger partial charge in [0.25, 0.3) is 0 Å². The quantitative estimate of drug-likeness (QED) is 0.581. The molecule has 0 aromatic heterocycles. The van der Waals surface area contributed by atoms with Crippen LogP contribution in [0.3, 0.4) is 0 Å². The number of esters is 1. The summed E-state index contributed by atoms with van der Waals surface area (Å²) in [6, 6.07) is 0. The van der Waals surface area contributed by atoms with Gasteiger partial charge in [-0.15, -0.1) is 0 Å². The van der Waals surface area contributed by atoms with E-state index in [2.05, 4.69) is 37.2 Å². The third-order valence-corrected chi connectivity index (χ3v) is 5.14. The Balaban J connectivity index is 2.60. The van der Waals surface area contributed by atoms with Gasteiger partial charge in [0.2, 0.25) is 0 Å². The zero-order valence-corrected chi connectivity index (χ0v) is 14.6. The number of quaternary nitrogens is 1. The average Bonchev–Trinajstić information content (AvgIpc) is 2.29. The van der Waals surface area contributed by atoms with Crippen molar-refractivity contribution in [2.75, 3.05) is 18.4 Å². The molecule has 1 heterocycles. The molecule has 0 aromatic carbocycles. The molecule has 1 fully saturated rings. The molecule has 18 heavy (non-hydrogen) atoms. The monoisotopic (exact) mass is 384 g/mol. The summed E-state index contributed by atoms with van der Waals surface area (Å²) in [7, 11) is 0. The standard InChI is InChI=1S/C13H23Br2NO2/c1-9(15)11(8-14)12(17)18-13(2,3)10-4-6-16-7-5-10/h9-11,16H,4-8H2,1-3H3/p+1. The highest BCUT2D eigenvalue weighted by Crippen LogP contribution is 2.30. The van der Waals surface area contributed by atoms with E-state index >= 15 is 0 Å². The van der Waals surface area contributed by atoms with Crippen LogP contribution in [0.15, 0.2) is 0 Å². The third-order valence-electron chi connectivity index (χ3n) is 3.81. The zero-order valence-electron chi connectivity index (χ0n) is 11.4. The van der Waals surface area contributed by atoms with Crippen molar-refractivity contribution in [3.8, 4) is 0 Å². The van der Waals surface area contributed by atoms with Crippen LogP contribution in [0.5, 0.6) is 0 Å². The highest BCUT2D eigenvalue weighted by atomic mass is 79.9. The Bertz CT molecular complexity index is 276. The van der Waals surface area contributed by atoms with Crippen LogP contribution in [0.25, 0.3) is 0 Å². The molecule has 1 aliphatic heterocycles. The topological polar surface area (TPSA) is 42.9 Å². The van der Waals surface area contributed by atoms with Crippen molar-refractivity contribution in [1.82, 2.24) is 0 Å². The molecule has 0 amide bonds. The third kappa shape index (κ3) is 4.49.